The zero-order chi connectivity index (χ0) is 21.0. The standard InChI is InChI=1S/C23H23N3O2S/c1-14-5-8-17(9-6-14)18-11-21(27)26-23(19(18)12-24)29-13-22(28)25-20-10-15(2)4-7-16(20)3/h4-10,18H,11,13H2,1-3H3,(H,25,28)(H,26,27)/t18-/m1/s1. The van der Waals surface area contributed by atoms with E-state index < -0.39 is 0 Å². The molecule has 2 aromatic rings. The third-order valence-corrected chi connectivity index (χ3v) is 5.87. The van der Waals surface area contributed by atoms with Crippen molar-refractivity contribution >= 4 is 29.3 Å². The smallest absolute Gasteiger partial charge is 0.234 e. The van der Waals surface area contributed by atoms with Gasteiger partial charge in [-0.15, -0.1) is 0 Å². The third-order valence-electron chi connectivity index (χ3n) is 4.85. The van der Waals surface area contributed by atoms with Crippen molar-refractivity contribution in [2.24, 2.45) is 0 Å². The van der Waals surface area contributed by atoms with Crippen molar-refractivity contribution in [2.75, 3.05) is 11.1 Å². The van der Waals surface area contributed by atoms with Crippen LogP contribution in [0.4, 0.5) is 5.69 Å². The average Bonchev–Trinajstić information content (AvgIpc) is 2.69. The first-order chi connectivity index (χ1) is 13.9. The average molecular weight is 406 g/mol. The molecule has 1 aliphatic heterocycles. The summed E-state index contributed by atoms with van der Waals surface area (Å²) in [5, 5.41) is 15.9. The number of hydrogen-bond acceptors (Lipinski definition) is 4. The lowest BCUT2D eigenvalue weighted by Gasteiger charge is -2.25. The van der Waals surface area contributed by atoms with Gasteiger partial charge in [0.15, 0.2) is 0 Å². The highest BCUT2D eigenvalue weighted by molar-refractivity contribution is 8.03. The molecule has 2 aromatic carbocycles. The second-order valence-corrected chi connectivity index (χ2v) is 8.21. The van der Waals surface area contributed by atoms with E-state index in [1.807, 2.05) is 63.2 Å². The van der Waals surface area contributed by atoms with Gasteiger partial charge in [0, 0.05) is 18.0 Å². The largest absolute Gasteiger partial charge is 0.325 e. The van der Waals surface area contributed by atoms with Crippen LogP contribution in [0, 0.1) is 32.1 Å². The normalized spacial score (nSPS) is 16.2. The molecule has 1 heterocycles. The van der Waals surface area contributed by atoms with Gasteiger partial charge in [-0.2, -0.15) is 5.26 Å². The Morgan fingerprint density at radius 1 is 1.17 bits per heavy atom. The fourth-order valence-electron chi connectivity index (χ4n) is 3.21. The van der Waals surface area contributed by atoms with E-state index in [0.717, 1.165) is 27.9 Å². The van der Waals surface area contributed by atoms with Crippen molar-refractivity contribution in [1.29, 1.82) is 5.26 Å². The van der Waals surface area contributed by atoms with E-state index in [-0.39, 0.29) is 29.9 Å². The zero-order valence-electron chi connectivity index (χ0n) is 16.7. The summed E-state index contributed by atoms with van der Waals surface area (Å²) in [7, 11) is 0. The Bertz CT molecular complexity index is 1020. The maximum absolute atomic E-state index is 12.4. The molecule has 0 radical (unpaired) electrons. The second kappa shape index (κ2) is 8.97. The summed E-state index contributed by atoms with van der Waals surface area (Å²) in [4.78, 5) is 24.7. The number of benzene rings is 2. The van der Waals surface area contributed by atoms with Gasteiger partial charge in [-0.05, 0) is 43.5 Å². The molecule has 0 unspecified atom stereocenters. The van der Waals surface area contributed by atoms with Crippen molar-refractivity contribution in [3.05, 3.63) is 75.3 Å². The summed E-state index contributed by atoms with van der Waals surface area (Å²) < 4.78 is 0. The lowest BCUT2D eigenvalue weighted by molar-refractivity contribution is -0.121. The first-order valence-electron chi connectivity index (χ1n) is 9.38. The van der Waals surface area contributed by atoms with E-state index in [0.29, 0.717) is 10.6 Å². The predicted octanol–water partition coefficient (Wildman–Crippen LogP) is 4.32. The molecule has 6 heteroatoms. The molecule has 0 aliphatic carbocycles. The van der Waals surface area contributed by atoms with Crippen LogP contribution >= 0.6 is 11.8 Å². The first-order valence-corrected chi connectivity index (χ1v) is 10.4. The van der Waals surface area contributed by atoms with Crippen LogP contribution in [0.3, 0.4) is 0 Å². The van der Waals surface area contributed by atoms with Crippen molar-refractivity contribution < 1.29 is 9.59 Å². The lowest BCUT2D eigenvalue weighted by atomic mass is 9.87. The molecule has 2 amide bonds. The monoisotopic (exact) mass is 405 g/mol. The fraction of sp³-hybridized carbons (Fsp3) is 0.261. The Hall–Kier alpha value is -3.04. The highest BCUT2D eigenvalue weighted by Gasteiger charge is 2.29. The molecule has 5 nitrogen and oxygen atoms in total. The second-order valence-electron chi connectivity index (χ2n) is 7.23. The first kappa shape index (κ1) is 20.7. The van der Waals surface area contributed by atoms with Gasteiger partial charge < -0.3 is 10.6 Å². The van der Waals surface area contributed by atoms with Crippen LogP contribution in [0.1, 0.15) is 34.6 Å². The number of nitriles is 1. The van der Waals surface area contributed by atoms with E-state index in [9.17, 15) is 14.9 Å². The van der Waals surface area contributed by atoms with Crippen LogP contribution < -0.4 is 10.6 Å². The van der Waals surface area contributed by atoms with Gasteiger partial charge in [0.1, 0.15) is 0 Å². The Kier molecular flexibility index (Phi) is 6.40. The van der Waals surface area contributed by atoms with Crippen LogP contribution in [0.25, 0.3) is 0 Å². The van der Waals surface area contributed by atoms with Gasteiger partial charge in [0.25, 0.3) is 0 Å². The molecule has 1 atom stereocenters. The number of nitrogens with one attached hydrogen (secondary N) is 2. The Morgan fingerprint density at radius 2 is 1.86 bits per heavy atom. The van der Waals surface area contributed by atoms with Gasteiger partial charge in [-0.1, -0.05) is 53.7 Å². The Morgan fingerprint density at radius 3 is 2.55 bits per heavy atom. The number of aryl methyl sites for hydroxylation is 3. The molecular formula is C23H23N3O2S. The van der Waals surface area contributed by atoms with E-state index in [1.165, 1.54) is 11.8 Å². The van der Waals surface area contributed by atoms with Gasteiger partial charge in [0.05, 0.1) is 22.4 Å². The molecule has 0 saturated carbocycles. The Balaban J connectivity index is 1.76. The van der Waals surface area contributed by atoms with Crippen LogP contribution in [-0.2, 0) is 9.59 Å². The van der Waals surface area contributed by atoms with Crippen molar-refractivity contribution in [1.82, 2.24) is 5.32 Å². The molecular weight excluding hydrogens is 382 g/mol. The van der Waals surface area contributed by atoms with Crippen molar-refractivity contribution in [3.63, 3.8) is 0 Å². The van der Waals surface area contributed by atoms with Gasteiger partial charge >= 0.3 is 0 Å². The number of allylic oxidation sites excluding steroid dienone is 1. The van der Waals surface area contributed by atoms with Gasteiger partial charge in [0.2, 0.25) is 11.8 Å². The highest BCUT2D eigenvalue weighted by atomic mass is 32.2. The maximum atomic E-state index is 12.4. The number of hydrogen-bond donors (Lipinski definition) is 2. The molecule has 0 aromatic heterocycles. The van der Waals surface area contributed by atoms with E-state index >= 15 is 0 Å². The Labute approximate surface area is 175 Å². The number of anilines is 1. The minimum atomic E-state index is -0.293. The zero-order valence-corrected chi connectivity index (χ0v) is 17.5. The number of nitrogens with zero attached hydrogens (tertiary/aromatic N) is 1. The summed E-state index contributed by atoms with van der Waals surface area (Å²) in [6, 6.07) is 16.0. The van der Waals surface area contributed by atoms with E-state index in [2.05, 4.69) is 16.7 Å². The minimum Gasteiger partial charge on any atom is -0.325 e. The third kappa shape index (κ3) is 5.07. The molecule has 0 spiro atoms. The SMILES string of the molecule is Cc1ccc([C@H]2CC(=O)NC(SCC(=O)Nc3cc(C)ccc3C)=C2C#N)cc1. The molecule has 0 fully saturated rings. The molecule has 1 aliphatic rings. The number of amides is 2. The van der Waals surface area contributed by atoms with E-state index in [4.69, 9.17) is 0 Å². The quantitative estimate of drug-likeness (QED) is 0.776. The molecule has 148 valence electrons. The van der Waals surface area contributed by atoms with E-state index in [1.54, 1.807) is 0 Å². The number of thioether (sulfide) groups is 1. The molecule has 0 saturated heterocycles. The summed E-state index contributed by atoms with van der Waals surface area (Å²) in [5.41, 5.74) is 5.37. The molecule has 3 rings (SSSR count). The predicted molar refractivity (Wildman–Crippen MR) is 116 cm³/mol. The van der Waals surface area contributed by atoms with Crippen LogP contribution in [-0.4, -0.2) is 17.6 Å². The van der Waals surface area contributed by atoms with Gasteiger partial charge in [-0.3, -0.25) is 9.59 Å². The van der Waals surface area contributed by atoms with Crippen molar-refractivity contribution in [2.45, 2.75) is 33.1 Å². The lowest BCUT2D eigenvalue weighted by Crippen LogP contribution is -2.31. The molecule has 2 N–H and O–H groups in total. The number of carbonyl (C=O) groups excluding carboxylic acids is 2. The highest BCUT2D eigenvalue weighted by Crippen LogP contribution is 2.36. The van der Waals surface area contributed by atoms with Crippen LogP contribution in [0.5, 0.6) is 0 Å². The summed E-state index contributed by atoms with van der Waals surface area (Å²) >= 11 is 1.19. The molecule has 0 bridgehead atoms. The topological polar surface area (TPSA) is 82.0 Å². The number of rotatable bonds is 5. The van der Waals surface area contributed by atoms with Crippen LogP contribution in [0.15, 0.2) is 53.1 Å². The fourth-order valence-corrected chi connectivity index (χ4v) is 4.09. The summed E-state index contributed by atoms with van der Waals surface area (Å²) in [6.07, 6.45) is 0.227. The minimum absolute atomic E-state index is 0.106. The number of carbonyl (C=O) groups is 2. The van der Waals surface area contributed by atoms with Gasteiger partial charge in [-0.25, -0.2) is 0 Å². The maximum Gasteiger partial charge on any atom is 0.234 e. The van der Waals surface area contributed by atoms with Crippen molar-refractivity contribution in [3.8, 4) is 6.07 Å². The molecule has 29 heavy (non-hydrogen) atoms. The summed E-state index contributed by atoms with van der Waals surface area (Å²) in [5.74, 6) is -0.513. The van der Waals surface area contributed by atoms with Crippen LogP contribution in [0.2, 0.25) is 0 Å². The summed E-state index contributed by atoms with van der Waals surface area (Å²) in [6.45, 7) is 5.90.